The van der Waals surface area contributed by atoms with Gasteiger partial charge in [-0.25, -0.2) is 9.97 Å². The van der Waals surface area contributed by atoms with Crippen LogP contribution in [0, 0.1) is 0 Å². The molecular weight excluding hydrogens is 288 g/mol. The number of anilines is 1. The zero-order valence-electron chi connectivity index (χ0n) is 12.4. The molecule has 0 radical (unpaired) electrons. The minimum Gasteiger partial charge on any atom is -0.322 e. The first kappa shape index (κ1) is 14.9. The first-order valence-electron chi connectivity index (χ1n) is 7.26. The zero-order chi connectivity index (χ0) is 16.1. The summed E-state index contributed by atoms with van der Waals surface area (Å²) in [7, 11) is 0. The van der Waals surface area contributed by atoms with E-state index in [0.717, 1.165) is 22.5 Å². The van der Waals surface area contributed by atoms with Crippen molar-refractivity contribution >= 4 is 11.9 Å². The van der Waals surface area contributed by atoms with Gasteiger partial charge in [0.2, 0.25) is 11.9 Å². The fraction of sp³-hybridized carbons (Fsp3) is 0.0556. The highest BCUT2D eigenvalue weighted by atomic mass is 16.1. The van der Waals surface area contributed by atoms with Crippen molar-refractivity contribution in [2.24, 2.45) is 5.73 Å². The van der Waals surface area contributed by atoms with Crippen LogP contribution >= 0.6 is 0 Å². The van der Waals surface area contributed by atoms with Gasteiger partial charge in [-0.2, -0.15) is 0 Å². The summed E-state index contributed by atoms with van der Waals surface area (Å²) in [4.78, 5) is 20.4. The molecule has 0 fully saturated rings. The van der Waals surface area contributed by atoms with Crippen LogP contribution in [0.5, 0.6) is 0 Å². The lowest BCUT2D eigenvalue weighted by molar-refractivity contribution is -0.114. The van der Waals surface area contributed by atoms with E-state index in [2.05, 4.69) is 15.3 Å². The maximum Gasteiger partial charge on any atom is 0.240 e. The highest BCUT2D eigenvalue weighted by molar-refractivity contribution is 5.91. The maximum atomic E-state index is 11.6. The Morgan fingerprint density at radius 2 is 1.35 bits per heavy atom. The van der Waals surface area contributed by atoms with Gasteiger partial charge in [-0.3, -0.25) is 10.1 Å². The van der Waals surface area contributed by atoms with Crippen molar-refractivity contribution in [3.8, 4) is 22.5 Å². The van der Waals surface area contributed by atoms with E-state index in [4.69, 9.17) is 5.73 Å². The number of hydrogen-bond acceptors (Lipinski definition) is 4. The average molecular weight is 304 g/mol. The summed E-state index contributed by atoms with van der Waals surface area (Å²) < 4.78 is 0. The SMILES string of the molecule is NCC(=O)Nc1nc(-c2ccccc2)cc(-c2ccccc2)n1. The Kier molecular flexibility index (Phi) is 4.40. The van der Waals surface area contributed by atoms with Crippen molar-refractivity contribution in [2.45, 2.75) is 0 Å². The van der Waals surface area contributed by atoms with E-state index in [1.54, 1.807) is 0 Å². The number of carbonyl (C=O) groups is 1. The monoisotopic (exact) mass is 304 g/mol. The lowest BCUT2D eigenvalue weighted by atomic mass is 10.1. The average Bonchev–Trinajstić information content (AvgIpc) is 2.63. The molecule has 23 heavy (non-hydrogen) atoms. The van der Waals surface area contributed by atoms with Crippen LogP contribution in [-0.4, -0.2) is 22.4 Å². The van der Waals surface area contributed by atoms with Gasteiger partial charge in [0.05, 0.1) is 17.9 Å². The number of nitrogens with one attached hydrogen (secondary N) is 1. The molecule has 3 aromatic rings. The van der Waals surface area contributed by atoms with E-state index in [9.17, 15) is 4.79 Å². The van der Waals surface area contributed by atoms with Gasteiger partial charge in [0.25, 0.3) is 0 Å². The topological polar surface area (TPSA) is 80.9 Å². The second-order valence-corrected chi connectivity index (χ2v) is 4.95. The molecule has 5 nitrogen and oxygen atoms in total. The van der Waals surface area contributed by atoms with Crippen LogP contribution < -0.4 is 11.1 Å². The van der Waals surface area contributed by atoms with Gasteiger partial charge >= 0.3 is 0 Å². The Morgan fingerprint density at radius 1 is 0.870 bits per heavy atom. The highest BCUT2D eigenvalue weighted by Crippen LogP contribution is 2.24. The molecule has 0 saturated heterocycles. The lowest BCUT2D eigenvalue weighted by Gasteiger charge is -2.09. The van der Waals surface area contributed by atoms with Gasteiger partial charge in [-0.15, -0.1) is 0 Å². The van der Waals surface area contributed by atoms with Crippen LogP contribution in [-0.2, 0) is 4.79 Å². The number of nitrogens with two attached hydrogens (primary N) is 1. The molecule has 3 rings (SSSR count). The van der Waals surface area contributed by atoms with Gasteiger partial charge < -0.3 is 5.73 Å². The van der Waals surface area contributed by atoms with Gasteiger partial charge in [0, 0.05) is 11.1 Å². The Bertz CT molecular complexity index is 746. The van der Waals surface area contributed by atoms with E-state index in [1.807, 2.05) is 66.7 Å². The number of hydrogen-bond donors (Lipinski definition) is 2. The Morgan fingerprint density at radius 3 is 1.78 bits per heavy atom. The number of carbonyl (C=O) groups excluding carboxylic acids is 1. The van der Waals surface area contributed by atoms with Crippen molar-refractivity contribution in [3.05, 3.63) is 66.7 Å². The molecule has 5 heteroatoms. The zero-order valence-corrected chi connectivity index (χ0v) is 12.4. The second kappa shape index (κ2) is 6.81. The number of nitrogens with zero attached hydrogens (tertiary/aromatic N) is 2. The van der Waals surface area contributed by atoms with Crippen LogP contribution in [0.25, 0.3) is 22.5 Å². The van der Waals surface area contributed by atoms with Gasteiger partial charge in [0.1, 0.15) is 0 Å². The van der Waals surface area contributed by atoms with Crippen LogP contribution in [0.3, 0.4) is 0 Å². The summed E-state index contributed by atoms with van der Waals surface area (Å²) in [5, 5.41) is 2.63. The summed E-state index contributed by atoms with van der Waals surface area (Å²) in [5.41, 5.74) is 8.74. The first-order chi connectivity index (χ1) is 11.3. The molecule has 114 valence electrons. The van der Waals surface area contributed by atoms with Crippen molar-refractivity contribution in [2.75, 3.05) is 11.9 Å². The summed E-state index contributed by atoms with van der Waals surface area (Å²) in [6.07, 6.45) is 0. The summed E-state index contributed by atoms with van der Waals surface area (Å²) >= 11 is 0. The first-order valence-corrected chi connectivity index (χ1v) is 7.26. The molecule has 0 spiro atoms. The highest BCUT2D eigenvalue weighted by Gasteiger charge is 2.10. The summed E-state index contributed by atoms with van der Waals surface area (Å²) in [6, 6.07) is 21.4. The lowest BCUT2D eigenvalue weighted by Crippen LogP contribution is -2.23. The van der Waals surface area contributed by atoms with Crippen LogP contribution in [0.15, 0.2) is 66.7 Å². The van der Waals surface area contributed by atoms with Crippen molar-refractivity contribution in [3.63, 3.8) is 0 Å². The third-order valence-corrected chi connectivity index (χ3v) is 3.30. The van der Waals surface area contributed by atoms with Gasteiger partial charge in [0.15, 0.2) is 0 Å². The largest absolute Gasteiger partial charge is 0.322 e. The van der Waals surface area contributed by atoms with Crippen molar-refractivity contribution in [1.82, 2.24) is 9.97 Å². The Hall–Kier alpha value is -3.05. The molecule has 3 N–H and O–H groups in total. The molecule has 0 aliphatic carbocycles. The van der Waals surface area contributed by atoms with E-state index in [1.165, 1.54) is 0 Å². The normalized spacial score (nSPS) is 10.3. The minimum absolute atomic E-state index is 0.112. The van der Waals surface area contributed by atoms with E-state index in [-0.39, 0.29) is 18.4 Å². The standard InChI is InChI=1S/C18H16N4O/c19-12-17(23)22-18-20-15(13-7-3-1-4-8-13)11-16(21-18)14-9-5-2-6-10-14/h1-11H,12,19H2,(H,20,21,22,23). The van der Waals surface area contributed by atoms with Crippen LogP contribution in [0.1, 0.15) is 0 Å². The van der Waals surface area contributed by atoms with E-state index < -0.39 is 0 Å². The fourth-order valence-corrected chi connectivity index (χ4v) is 2.19. The third kappa shape index (κ3) is 3.59. The number of amides is 1. The molecule has 1 amide bonds. The Balaban J connectivity index is 2.09. The molecule has 0 atom stereocenters. The predicted octanol–water partition coefficient (Wildman–Crippen LogP) is 2.71. The van der Waals surface area contributed by atoms with Crippen LogP contribution in [0.4, 0.5) is 5.95 Å². The van der Waals surface area contributed by atoms with E-state index in [0.29, 0.717) is 0 Å². The van der Waals surface area contributed by atoms with Crippen molar-refractivity contribution < 1.29 is 4.79 Å². The van der Waals surface area contributed by atoms with Crippen molar-refractivity contribution in [1.29, 1.82) is 0 Å². The number of aromatic nitrogens is 2. The second-order valence-electron chi connectivity index (χ2n) is 4.95. The molecule has 2 aromatic carbocycles. The minimum atomic E-state index is -0.325. The third-order valence-electron chi connectivity index (χ3n) is 3.30. The molecule has 1 aromatic heterocycles. The molecule has 0 unspecified atom stereocenters. The number of benzene rings is 2. The summed E-state index contributed by atoms with van der Waals surface area (Å²) in [6.45, 7) is -0.112. The molecule has 0 saturated carbocycles. The predicted molar refractivity (Wildman–Crippen MR) is 90.6 cm³/mol. The molecule has 1 heterocycles. The Labute approximate surface area is 134 Å². The molecule has 0 aliphatic rings. The smallest absolute Gasteiger partial charge is 0.240 e. The van der Waals surface area contributed by atoms with Gasteiger partial charge in [-0.1, -0.05) is 60.7 Å². The quantitative estimate of drug-likeness (QED) is 0.776. The van der Waals surface area contributed by atoms with Gasteiger partial charge in [-0.05, 0) is 6.07 Å². The van der Waals surface area contributed by atoms with Crippen LogP contribution in [0.2, 0.25) is 0 Å². The van der Waals surface area contributed by atoms with E-state index >= 15 is 0 Å². The maximum absolute atomic E-state index is 11.6. The molecule has 0 aliphatic heterocycles. The summed E-state index contributed by atoms with van der Waals surface area (Å²) in [5.74, 6) is -0.0742. The molecular formula is C18H16N4O. The molecule has 0 bridgehead atoms. The fourth-order valence-electron chi connectivity index (χ4n) is 2.19. The number of rotatable bonds is 4.